The lowest BCUT2D eigenvalue weighted by Crippen LogP contribution is -2.44. The zero-order chi connectivity index (χ0) is 25.3. The molecule has 0 aliphatic carbocycles. The average Bonchev–Trinajstić information content (AvgIpc) is 3.11. The summed E-state index contributed by atoms with van der Waals surface area (Å²) < 4.78 is 26.7. The number of benzene rings is 3. The molecule has 1 heterocycles. The van der Waals surface area contributed by atoms with Gasteiger partial charge in [-0.3, -0.25) is 4.79 Å². The smallest absolute Gasteiger partial charge is 0.326 e. The minimum Gasteiger partial charge on any atom is -0.480 e. The number of nitrogens with one attached hydrogen (secondary N) is 2. The van der Waals surface area contributed by atoms with Crippen LogP contribution < -0.4 is 10.6 Å². The Kier molecular flexibility index (Phi) is 6.50. The van der Waals surface area contributed by atoms with E-state index in [4.69, 9.17) is 0 Å². The van der Waals surface area contributed by atoms with Crippen LogP contribution in [0.25, 0.3) is 11.1 Å². The van der Waals surface area contributed by atoms with Crippen LogP contribution in [-0.2, 0) is 11.3 Å². The molecule has 1 unspecified atom stereocenters. The number of urea groups is 1. The Balaban J connectivity index is 1.47. The van der Waals surface area contributed by atoms with Gasteiger partial charge in [-0.25, -0.2) is 18.4 Å². The third kappa shape index (κ3) is 4.98. The van der Waals surface area contributed by atoms with Crippen molar-refractivity contribution in [1.29, 1.82) is 0 Å². The van der Waals surface area contributed by atoms with Gasteiger partial charge in [-0.05, 0) is 52.9 Å². The van der Waals surface area contributed by atoms with Crippen molar-refractivity contribution in [3.63, 3.8) is 0 Å². The monoisotopic (exact) mass is 479 g/mol. The van der Waals surface area contributed by atoms with Crippen molar-refractivity contribution in [2.75, 3.05) is 10.6 Å². The lowest BCUT2D eigenvalue weighted by atomic mass is 10.00. The third-order valence-electron chi connectivity index (χ3n) is 5.82. The molecule has 9 heteroatoms. The van der Waals surface area contributed by atoms with Gasteiger partial charge in [-0.15, -0.1) is 0 Å². The number of carboxylic acid groups (broad SMARTS) is 1. The van der Waals surface area contributed by atoms with Gasteiger partial charge in [0.05, 0.1) is 5.69 Å². The van der Waals surface area contributed by atoms with Crippen LogP contribution in [0.5, 0.6) is 0 Å². The summed E-state index contributed by atoms with van der Waals surface area (Å²) in [7, 11) is 0. The largest absolute Gasteiger partial charge is 0.480 e. The van der Waals surface area contributed by atoms with E-state index in [1.54, 1.807) is 44.2 Å². The van der Waals surface area contributed by atoms with Gasteiger partial charge in [0, 0.05) is 23.9 Å². The molecule has 0 radical (unpaired) electrons. The van der Waals surface area contributed by atoms with Crippen molar-refractivity contribution in [2.45, 2.75) is 26.4 Å². The average molecular weight is 479 g/mol. The SMILES string of the molecule is CC(C)C(C(=O)O)N1Cc2ccc(-c3ccc(NC(=O)Nc4ccc(F)cc4F)cc3)cc2C1=O. The van der Waals surface area contributed by atoms with E-state index < -0.39 is 29.7 Å². The van der Waals surface area contributed by atoms with Gasteiger partial charge in [0.2, 0.25) is 0 Å². The number of carbonyl (C=O) groups is 3. The standard InChI is InChI=1S/C26H23F2N3O4/c1-14(2)23(25(33)34)31-13-17-4-3-16(11-20(17)24(31)32)15-5-8-19(9-6-15)29-26(35)30-22-10-7-18(27)12-21(22)28/h3-12,14,23H,13H2,1-2H3,(H,33,34)(H2,29,30,35). The maximum atomic E-state index is 13.7. The van der Waals surface area contributed by atoms with Crippen LogP contribution in [0.2, 0.25) is 0 Å². The van der Waals surface area contributed by atoms with E-state index in [0.717, 1.165) is 28.8 Å². The Morgan fingerprint density at radius 1 is 0.943 bits per heavy atom. The Bertz CT molecular complexity index is 1310. The predicted octanol–water partition coefficient (Wildman–Crippen LogP) is 5.34. The normalized spacial score (nSPS) is 13.5. The molecule has 0 aromatic heterocycles. The van der Waals surface area contributed by atoms with Crippen LogP contribution in [0.3, 0.4) is 0 Å². The number of halogens is 2. The lowest BCUT2D eigenvalue weighted by molar-refractivity contribution is -0.144. The summed E-state index contributed by atoms with van der Waals surface area (Å²) in [5.74, 6) is -3.21. The van der Waals surface area contributed by atoms with Crippen LogP contribution in [0.1, 0.15) is 29.8 Å². The van der Waals surface area contributed by atoms with Gasteiger partial charge in [0.1, 0.15) is 17.7 Å². The fraction of sp³-hybridized carbons (Fsp3) is 0.192. The lowest BCUT2D eigenvalue weighted by Gasteiger charge is -2.27. The number of hydrogen-bond donors (Lipinski definition) is 3. The summed E-state index contributed by atoms with van der Waals surface area (Å²) in [6.07, 6.45) is 0. The molecule has 1 aliphatic heterocycles. The van der Waals surface area contributed by atoms with E-state index >= 15 is 0 Å². The minimum atomic E-state index is -1.03. The van der Waals surface area contributed by atoms with E-state index in [-0.39, 0.29) is 24.1 Å². The number of fused-ring (bicyclic) bond motifs is 1. The molecule has 0 saturated carbocycles. The second-order valence-electron chi connectivity index (χ2n) is 8.61. The van der Waals surface area contributed by atoms with E-state index in [2.05, 4.69) is 10.6 Å². The zero-order valence-corrected chi connectivity index (χ0v) is 19.0. The van der Waals surface area contributed by atoms with Crippen molar-refractivity contribution < 1.29 is 28.3 Å². The Labute approximate surface area is 200 Å². The quantitative estimate of drug-likeness (QED) is 0.444. The van der Waals surface area contributed by atoms with Crippen molar-refractivity contribution >= 4 is 29.3 Å². The summed E-state index contributed by atoms with van der Waals surface area (Å²) in [6.45, 7) is 3.79. The Hall–Kier alpha value is -4.27. The van der Waals surface area contributed by atoms with Gasteiger partial charge in [0.15, 0.2) is 0 Å². The molecule has 3 N–H and O–H groups in total. The summed E-state index contributed by atoms with van der Waals surface area (Å²) in [4.78, 5) is 38.2. The molecule has 0 fully saturated rings. The second kappa shape index (κ2) is 9.54. The van der Waals surface area contributed by atoms with E-state index in [1.165, 1.54) is 4.90 Å². The molecule has 0 bridgehead atoms. The van der Waals surface area contributed by atoms with Gasteiger partial charge in [0.25, 0.3) is 5.91 Å². The maximum absolute atomic E-state index is 13.7. The maximum Gasteiger partial charge on any atom is 0.326 e. The Morgan fingerprint density at radius 3 is 2.26 bits per heavy atom. The van der Waals surface area contributed by atoms with E-state index in [0.29, 0.717) is 17.3 Å². The van der Waals surface area contributed by atoms with Gasteiger partial charge < -0.3 is 20.6 Å². The highest BCUT2D eigenvalue weighted by Crippen LogP contribution is 2.31. The van der Waals surface area contributed by atoms with Crippen LogP contribution in [0, 0.1) is 17.6 Å². The van der Waals surface area contributed by atoms with Crippen molar-refractivity contribution in [3.8, 4) is 11.1 Å². The number of rotatable bonds is 6. The topological polar surface area (TPSA) is 98.7 Å². The number of amides is 3. The first-order valence-corrected chi connectivity index (χ1v) is 10.9. The highest BCUT2D eigenvalue weighted by atomic mass is 19.1. The van der Waals surface area contributed by atoms with Crippen LogP contribution in [-0.4, -0.2) is 34.0 Å². The molecule has 4 rings (SSSR count). The second-order valence-corrected chi connectivity index (χ2v) is 8.61. The first kappa shape index (κ1) is 23.9. The number of anilines is 2. The van der Waals surface area contributed by atoms with Crippen LogP contribution in [0.15, 0.2) is 60.7 Å². The fourth-order valence-corrected chi connectivity index (χ4v) is 4.13. The molecular formula is C26H23F2N3O4. The minimum absolute atomic E-state index is 0.153. The fourth-order valence-electron chi connectivity index (χ4n) is 4.13. The highest BCUT2D eigenvalue weighted by Gasteiger charge is 2.38. The van der Waals surface area contributed by atoms with E-state index in [9.17, 15) is 28.3 Å². The molecule has 3 aromatic carbocycles. The van der Waals surface area contributed by atoms with Gasteiger partial charge in [-0.1, -0.05) is 38.1 Å². The van der Waals surface area contributed by atoms with Gasteiger partial charge >= 0.3 is 12.0 Å². The Morgan fingerprint density at radius 2 is 1.63 bits per heavy atom. The first-order chi connectivity index (χ1) is 16.6. The zero-order valence-electron chi connectivity index (χ0n) is 19.0. The summed E-state index contributed by atoms with van der Waals surface area (Å²) in [6, 6.07) is 13.5. The molecule has 0 spiro atoms. The summed E-state index contributed by atoms with van der Waals surface area (Å²) >= 11 is 0. The number of aliphatic carboxylic acids is 1. The molecule has 180 valence electrons. The molecular weight excluding hydrogens is 456 g/mol. The number of hydrogen-bond acceptors (Lipinski definition) is 3. The van der Waals surface area contributed by atoms with Crippen molar-refractivity contribution in [1.82, 2.24) is 4.90 Å². The molecule has 3 aromatic rings. The van der Waals surface area contributed by atoms with E-state index in [1.807, 2.05) is 12.1 Å². The van der Waals surface area contributed by atoms with Crippen LogP contribution >= 0.6 is 0 Å². The summed E-state index contributed by atoms with van der Waals surface area (Å²) in [5.41, 5.74) is 3.08. The molecule has 7 nitrogen and oxygen atoms in total. The summed E-state index contributed by atoms with van der Waals surface area (Å²) in [5, 5.41) is 14.5. The third-order valence-corrected chi connectivity index (χ3v) is 5.82. The molecule has 35 heavy (non-hydrogen) atoms. The molecule has 0 saturated heterocycles. The predicted molar refractivity (Wildman–Crippen MR) is 127 cm³/mol. The van der Waals surface area contributed by atoms with Crippen molar-refractivity contribution in [2.24, 2.45) is 5.92 Å². The highest BCUT2D eigenvalue weighted by molar-refractivity contribution is 6.02. The van der Waals surface area contributed by atoms with Crippen molar-refractivity contribution in [3.05, 3.63) is 83.4 Å². The van der Waals surface area contributed by atoms with Gasteiger partial charge in [-0.2, -0.15) is 0 Å². The molecule has 1 aliphatic rings. The number of carboxylic acids is 1. The molecule has 1 atom stereocenters. The van der Waals surface area contributed by atoms with Crippen LogP contribution in [0.4, 0.5) is 25.0 Å². The first-order valence-electron chi connectivity index (χ1n) is 10.9. The number of carbonyl (C=O) groups excluding carboxylic acids is 2. The molecule has 3 amide bonds. The number of nitrogens with zero attached hydrogens (tertiary/aromatic N) is 1.